The number of fused-ring (bicyclic) bond motifs is 1. The summed E-state index contributed by atoms with van der Waals surface area (Å²) in [5, 5.41) is 10.5. The second-order valence-electron chi connectivity index (χ2n) is 6.38. The van der Waals surface area contributed by atoms with Gasteiger partial charge in [0.1, 0.15) is 17.2 Å². The van der Waals surface area contributed by atoms with Crippen molar-refractivity contribution >= 4 is 44.8 Å². The number of carbonyl (C=O) groups is 2. The molecule has 1 heterocycles. The molecule has 0 fully saturated rings. The molecular weight excluding hydrogens is 408 g/mol. The van der Waals surface area contributed by atoms with Crippen molar-refractivity contribution in [1.82, 2.24) is 0 Å². The van der Waals surface area contributed by atoms with E-state index in [2.05, 4.69) is 0 Å². The molecule has 29 heavy (non-hydrogen) atoms. The van der Waals surface area contributed by atoms with Gasteiger partial charge in [-0.25, -0.2) is 4.79 Å². The summed E-state index contributed by atoms with van der Waals surface area (Å²) < 4.78 is 7.02. The number of hydrogen-bond acceptors (Lipinski definition) is 4. The summed E-state index contributed by atoms with van der Waals surface area (Å²) in [6.07, 6.45) is 0. The summed E-state index contributed by atoms with van der Waals surface area (Å²) in [6.45, 7) is 0.224. The largest absolute Gasteiger partial charge is 0.487 e. The second-order valence-corrected chi connectivity index (χ2v) is 7.87. The van der Waals surface area contributed by atoms with Gasteiger partial charge in [0.05, 0.1) is 5.56 Å². The molecule has 4 nitrogen and oxygen atoms in total. The first-order valence-electron chi connectivity index (χ1n) is 8.80. The van der Waals surface area contributed by atoms with Gasteiger partial charge in [-0.1, -0.05) is 35.9 Å². The lowest BCUT2D eigenvalue weighted by molar-refractivity contribution is 0.0696. The lowest BCUT2D eigenvalue weighted by atomic mass is 10.1. The molecule has 0 saturated carbocycles. The molecule has 0 unspecified atom stereocenters. The van der Waals surface area contributed by atoms with Gasteiger partial charge in [0, 0.05) is 20.7 Å². The minimum atomic E-state index is -0.975. The van der Waals surface area contributed by atoms with Gasteiger partial charge in [-0.15, -0.1) is 11.3 Å². The zero-order chi connectivity index (χ0) is 20.4. The average Bonchev–Trinajstić information content (AvgIpc) is 3.11. The number of halogens is 1. The quantitative estimate of drug-likeness (QED) is 0.383. The fraction of sp³-hybridized carbons (Fsp3) is 0.0435. The van der Waals surface area contributed by atoms with Crippen LogP contribution in [0.5, 0.6) is 5.75 Å². The lowest BCUT2D eigenvalue weighted by Crippen LogP contribution is -2.03. The molecular formula is C23H15ClO4S. The van der Waals surface area contributed by atoms with E-state index in [4.69, 9.17) is 21.4 Å². The highest BCUT2D eigenvalue weighted by molar-refractivity contribution is 7.21. The fourth-order valence-corrected chi connectivity index (χ4v) is 4.18. The summed E-state index contributed by atoms with van der Waals surface area (Å²) in [4.78, 5) is 24.6. The van der Waals surface area contributed by atoms with Crippen molar-refractivity contribution in [1.29, 1.82) is 0 Å². The molecule has 0 bridgehead atoms. The lowest BCUT2D eigenvalue weighted by Gasteiger charge is -2.09. The van der Waals surface area contributed by atoms with Gasteiger partial charge >= 0.3 is 5.97 Å². The van der Waals surface area contributed by atoms with E-state index >= 15 is 0 Å². The Morgan fingerprint density at radius 2 is 1.55 bits per heavy atom. The molecule has 1 N–H and O–H groups in total. The van der Waals surface area contributed by atoms with Crippen LogP contribution in [-0.2, 0) is 6.61 Å². The molecule has 4 aromatic rings. The fourth-order valence-electron chi connectivity index (χ4n) is 2.95. The first kappa shape index (κ1) is 19.2. The Morgan fingerprint density at radius 3 is 2.24 bits per heavy atom. The van der Waals surface area contributed by atoms with Crippen LogP contribution >= 0.6 is 22.9 Å². The van der Waals surface area contributed by atoms with Crippen LogP contribution in [0.15, 0.2) is 72.8 Å². The highest BCUT2D eigenvalue weighted by atomic mass is 35.5. The highest BCUT2D eigenvalue weighted by Gasteiger charge is 2.21. The van der Waals surface area contributed by atoms with Crippen LogP contribution in [0.3, 0.4) is 0 Å². The monoisotopic (exact) mass is 422 g/mol. The molecule has 6 heteroatoms. The van der Waals surface area contributed by atoms with Crippen molar-refractivity contribution in [3.63, 3.8) is 0 Å². The standard InChI is InChI=1S/C23H15ClO4S/c24-17-11-9-15(10-12-17)20(25)22-21(18-3-1-2-4-19(18)29-22)28-13-14-5-7-16(8-6-14)23(26)27/h1-12H,13H2,(H,26,27). The number of carboxylic acid groups (broad SMARTS) is 1. The first-order chi connectivity index (χ1) is 14.0. The van der Waals surface area contributed by atoms with E-state index in [1.165, 1.54) is 23.5 Å². The van der Waals surface area contributed by atoms with Crippen molar-refractivity contribution in [2.45, 2.75) is 6.61 Å². The summed E-state index contributed by atoms with van der Waals surface area (Å²) in [5.74, 6) is -0.566. The zero-order valence-electron chi connectivity index (χ0n) is 15.1. The van der Waals surface area contributed by atoms with Gasteiger partial charge in [0.2, 0.25) is 5.78 Å². The molecule has 0 aliphatic carbocycles. The minimum Gasteiger partial charge on any atom is -0.487 e. The van der Waals surface area contributed by atoms with Crippen molar-refractivity contribution in [3.8, 4) is 5.75 Å². The van der Waals surface area contributed by atoms with Crippen molar-refractivity contribution in [2.75, 3.05) is 0 Å². The third kappa shape index (κ3) is 4.01. The number of aromatic carboxylic acids is 1. The molecule has 0 atom stereocenters. The molecule has 4 rings (SSSR count). The van der Waals surface area contributed by atoms with Crippen LogP contribution in [0.2, 0.25) is 5.02 Å². The second kappa shape index (κ2) is 8.07. The van der Waals surface area contributed by atoms with Gasteiger partial charge in [0.15, 0.2) is 0 Å². The minimum absolute atomic E-state index is 0.126. The molecule has 0 saturated heterocycles. The Hall–Kier alpha value is -3.15. The van der Waals surface area contributed by atoms with Gasteiger partial charge in [-0.05, 0) is 54.1 Å². The molecule has 0 spiro atoms. The zero-order valence-corrected chi connectivity index (χ0v) is 16.7. The van der Waals surface area contributed by atoms with E-state index in [-0.39, 0.29) is 18.0 Å². The van der Waals surface area contributed by atoms with Crippen LogP contribution in [0.4, 0.5) is 0 Å². The Balaban J connectivity index is 1.67. The van der Waals surface area contributed by atoms with E-state index in [9.17, 15) is 9.59 Å². The van der Waals surface area contributed by atoms with E-state index in [1.807, 2.05) is 24.3 Å². The maximum absolute atomic E-state index is 13.1. The predicted molar refractivity (Wildman–Crippen MR) is 114 cm³/mol. The molecule has 0 amide bonds. The summed E-state index contributed by atoms with van der Waals surface area (Å²) in [7, 11) is 0. The Labute approximate surface area is 175 Å². The van der Waals surface area contributed by atoms with Gasteiger partial charge in [-0.3, -0.25) is 4.79 Å². The van der Waals surface area contributed by atoms with E-state index in [0.29, 0.717) is 21.2 Å². The van der Waals surface area contributed by atoms with E-state index in [1.54, 1.807) is 36.4 Å². The third-order valence-corrected chi connectivity index (χ3v) is 5.85. The molecule has 144 valence electrons. The Bertz CT molecular complexity index is 1190. The molecule has 1 aromatic heterocycles. The van der Waals surface area contributed by atoms with E-state index < -0.39 is 5.97 Å². The number of hydrogen-bond donors (Lipinski definition) is 1. The number of carboxylic acids is 1. The number of carbonyl (C=O) groups excluding carboxylic acids is 1. The summed E-state index contributed by atoms with van der Waals surface area (Å²) in [6, 6.07) is 21.0. The SMILES string of the molecule is O=C(O)c1ccc(COc2c(C(=O)c3ccc(Cl)cc3)sc3ccccc23)cc1. The number of ketones is 1. The van der Waals surface area contributed by atoms with Gasteiger partial charge in [-0.2, -0.15) is 0 Å². The molecule has 3 aromatic carbocycles. The molecule has 0 aliphatic heterocycles. The van der Waals surface area contributed by atoms with Gasteiger partial charge in [0.25, 0.3) is 0 Å². The summed E-state index contributed by atoms with van der Waals surface area (Å²) in [5.41, 5.74) is 1.57. The number of ether oxygens (including phenoxy) is 1. The Kier molecular flexibility index (Phi) is 5.34. The van der Waals surface area contributed by atoms with Crippen LogP contribution < -0.4 is 4.74 Å². The van der Waals surface area contributed by atoms with Gasteiger partial charge < -0.3 is 9.84 Å². The predicted octanol–water partition coefficient (Wildman–Crippen LogP) is 6.06. The molecule has 0 radical (unpaired) electrons. The molecule has 0 aliphatic rings. The maximum atomic E-state index is 13.1. The van der Waals surface area contributed by atoms with Crippen LogP contribution in [0, 0.1) is 0 Å². The van der Waals surface area contributed by atoms with Crippen LogP contribution in [0.1, 0.15) is 31.2 Å². The first-order valence-corrected chi connectivity index (χ1v) is 9.99. The van der Waals surface area contributed by atoms with Crippen molar-refractivity contribution < 1.29 is 19.4 Å². The highest BCUT2D eigenvalue weighted by Crippen LogP contribution is 2.39. The summed E-state index contributed by atoms with van der Waals surface area (Å²) >= 11 is 7.32. The maximum Gasteiger partial charge on any atom is 0.335 e. The van der Waals surface area contributed by atoms with Crippen molar-refractivity contribution in [2.24, 2.45) is 0 Å². The van der Waals surface area contributed by atoms with E-state index in [0.717, 1.165) is 15.6 Å². The smallest absolute Gasteiger partial charge is 0.335 e. The number of benzene rings is 3. The van der Waals surface area contributed by atoms with Crippen LogP contribution in [0.25, 0.3) is 10.1 Å². The number of thiophene rings is 1. The Morgan fingerprint density at radius 1 is 0.897 bits per heavy atom. The number of rotatable bonds is 6. The third-order valence-electron chi connectivity index (χ3n) is 4.45. The topological polar surface area (TPSA) is 63.6 Å². The normalized spacial score (nSPS) is 10.8. The van der Waals surface area contributed by atoms with Crippen molar-refractivity contribution in [3.05, 3.63) is 99.4 Å². The average molecular weight is 423 g/mol. The van der Waals surface area contributed by atoms with Crippen LogP contribution in [-0.4, -0.2) is 16.9 Å².